The van der Waals surface area contributed by atoms with E-state index < -0.39 is 0 Å². The molecule has 0 aliphatic heterocycles. The fourth-order valence-corrected chi connectivity index (χ4v) is 3.72. The van der Waals surface area contributed by atoms with Crippen molar-refractivity contribution in [3.05, 3.63) is 59.7 Å². The summed E-state index contributed by atoms with van der Waals surface area (Å²) in [5, 5.41) is 17.4. The van der Waals surface area contributed by atoms with E-state index in [2.05, 4.69) is 27.3 Å². The number of para-hydroxylation sites is 3. The Morgan fingerprint density at radius 3 is 2.52 bits per heavy atom. The van der Waals surface area contributed by atoms with Crippen LogP contribution in [-0.4, -0.2) is 38.4 Å². The standard InChI is InChI=1S/C25H28N6O2/c1-2-3-4-5-10-15-27-25(33)21-22-24(30-19-13-8-7-12-18(19)29-22)31(23(21)26)28-16-17-11-6-9-14-20(17)32/h6-9,11-14,16,32H,2-5,10,15,26H2,1H3,(H,27,33). The molecule has 0 saturated carbocycles. The molecule has 4 rings (SSSR count). The molecule has 2 aromatic carbocycles. The van der Waals surface area contributed by atoms with Crippen molar-refractivity contribution in [2.45, 2.75) is 39.0 Å². The lowest BCUT2D eigenvalue weighted by molar-refractivity contribution is 0.0955. The number of hydrogen-bond acceptors (Lipinski definition) is 6. The van der Waals surface area contributed by atoms with Gasteiger partial charge in [0.15, 0.2) is 5.65 Å². The summed E-state index contributed by atoms with van der Waals surface area (Å²) in [6.45, 7) is 2.74. The minimum atomic E-state index is -0.297. The van der Waals surface area contributed by atoms with Gasteiger partial charge in [0.25, 0.3) is 5.91 Å². The molecule has 0 aliphatic rings. The van der Waals surface area contributed by atoms with E-state index in [1.165, 1.54) is 23.7 Å². The van der Waals surface area contributed by atoms with Gasteiger partial charge >= 0.3 is 0 Å². The summed E-state index contributed by atoms with van der Waals surface area (Å²) in [6, 6.07) is 14.3. The molecule has 170 valence electrons. The van der Waals surface area contributed by atoms with Gasteiger partial charge in [0.05, 0.1) is 17.2 Å². The number of nitrogens with one attached hydrogen (secondary N) is 1. The molecular formula is C25H28N6O2. The predicted molar refractivity (Wildman–Crippen MR) is 132 cm³/mol. The van der Waals surface area contributed by atoms with Crippen LogP contribution in [0.15, 0.2) is 53.6 Å². The molecule has 8 heteroatoms. The number of rotatable bonds is 9. The fourth-order valence-electron chi connectivity index (χ4n) is 3.72. The third kappa shape index (κ3) is 4.79. The van der Waals surface area contributed by atoms with Crippen molar-refractivity contribution in [2.75, 3.05) is 12.3 Å². The molecule has 0 fully saturated rings. The maximum Gasteiger partial charge on any atom is 0.257 e. The van der Waals surface area contributed by atoms with Crippen molar-refractivity contribution in [1.29, 1.82) is 0 Å². The predicted octanol–water partition coefficient (Wildman–Crippen LogP) is 4.45. The first-order valence-corrected chi connectivity index (χ1v) is 11.3. The van der Waals surface area contributed by atoms with Crippen LogP contribution in [0, 0.1) is 0 Å². The molecule has 2 heterocycles. The van der Waals surface area contributed by atoms with E-state index >= 15 is 0 Å². The number of anilines is 1. The van der Waals surface area contributed by atoms with Gasteiger partial charge in [-0.05, 0) is 30.7 Å². The minimum Gasteiger partial charge on any atom is -0.507 e. The number of amides is 1. The zero-order chi connectivity index (χ0) is 23.2. The first kappa shape index (κ1) is 22.3. The molecule has 0 unspecified atom stereocenters. The monoisotopic (exact) mass is 444 g/mol. The fraction of sp³-hybridized carbons (Fsp3) is 0.280. The van der Waals surface area contributed by atoms with Gasteiger partial charge in [0.1, 0.15) is 22.6 Å². The number of phenols is 1. The lowest BCUT2D eigenvalue weighted by Gasteiger charge is -2.05. The summed E-state index contributed by atoms with van der Waals surface area (Å²) in [7, 11) is 0. The second-order valence-corrected chi connectivity index (χ2v) is 7.93. The summed E-state index contributed by atoms with van der Waals surface area (Å²) >= 11 is 0. The van der Waals surface area contributed by atoms with Crippen LogP contribution in [0.4, 0.5) is 5.82 Å². The Morgan fingerprint density at radius 2 is 1.76 bits per heavy atom. The molecular weight excluding hydrogens is 416 g/mol. The van der Waals surface area contributed by atoms with Gasteiger partial charge in [-0.3, -0.25) is 4.79 Å². The normalized spacial score (nSPS) is 11.5. The first-order valence-electron chi connectivity index (χ1n) is 11.3. The average Bonchev–Trinajstić information content (AvgIpc) is 3.09. The average molecular weight is 445 g/mol. The highest BCUT2D eigenvalue weighted by molar-refractivity contribution is 6.10. The van der Waals surface area contributed by atoms with Crippen molar-refractivity contribution in [3.63, 3.8) is 0 Å². The lowest BCUT2D eigenvalue weighted by atomic mass is 10.1. The highest BCUT2D eigenvalue weighted by atomic mass is 16.3. The molecule has 4 aromatic rings. The summed E-state index contributed by atoms with van der Waals surface area (Å²) in [5.74, 6) is -0.0570. The summed E-state index contributed by atoms with van der Waals surface area (Å²) in [6.07, 6.45) is 7.00. The number of benzene rings is 2. The van der Waals surface area contributed by atoms with Crippen LogP contribution < -0.4 is 11.1 Å². The zero-order valence-corrected chi connectivity index (χ0v) is 18.7. The summed E-state index contributed by atoms with van der Waals surface area (Å²) in [5.41, 5.74) is 9.28. The number of hydrogen-bond donors (Lipinski definition) is 3. The molecule has 0 radical (unpaired) electrons. The highest BCUT2D eigenvalue weighted by Crippen LogP contribution is 2.28. The van der Waals surface area contributed by atoms with E-state index in [0.717, 1.165) is 19.3 Å². The summed E-state index contributed by atoms with van der Waals surface area (Å²) in [4.78, 5) is 22.4. The van der Waals surface area contributed by atoms with Crippen LogP contribution in [0.25, 0.3) is 22.2 Å². The Labute approximate surface area is 192 Å². The number of carbonyl (C=O) groups is 1. The maximum atomic E-state index is 13.1. The van der Waals surface area contributed by atoms with Gasteiger partial charge in [-0.1, -0.05) is 56.9 Å². The molecule has 33 heavy (non-hydrogen) atoms. The molecule has 0 atom stereocenters. The minimum absolute atomic E-state index is 0.0915. The second-order valence-electron chi connectivity index (χ2n) is 7.93. The largest absolute Gasteiger partial charge is 0.507 e. The number of nitrogens with zero attached hydrogens (tertiary/aromatic N) is 4. The number of nitrogens with two attached hydrogens (primary N) is 1. The van der Waals surface area contributed by atoms with Crippen LogP contribution >= 0.6 is 0 Å². The van der Waals surface area contributed by atoms with Gasteiger partial charge in [-0.2, -0.15) is 9.78 Å². The van der Waals surface area contributed by atoms with Crippen LogP contribution in [0.3, 0.4) is 0 Å². The number of unbranched alkanes of at least 4 members (excludes halogenated alkanes) is 4. The molecule has 0 saturated heterocycles. The van der Waals surface area contributed by atoms with Crippen molar-refractivity contribution in [1.82, 2.24) is 20.0 Å². The van der Waals surface area contributed by atoms with Gasteiger partial charge in [0, 0.05) is 12.1 Å². The molecule has 8 nitrogen and oxygen atoms in total. The van der Waals surface area contributed by atoms with Crippen molar-refractivity contribution < 1.29 is 9.90 Å². The van der Waals surface area contributed by atoms with Gasteiger partial charge < -0.3 is 16.2 Å². The number of phenolic OH excluding ortho intramolecular Hbond substituents is 1. The molecule has 1 amide bonds. The number of nitrogen functional groups attached to an aromatic ring is 1. The van der Waals surface area contributed by atoms with Crippen molar-refractivity contribution in [3.8, 4) is 5.75 Å². The smallest absolute Gasteiger partial charge is 0.257 e. The third-order valence-electron chi connectivity index (χ3n) is 5.52. The van der Waals surface area contributed by atoms with E-state index in [-0.39, 0.29) is 23.0 Å². The van der Waals surface area contributed by atoms with Gasteiger partial charge in [0.2, 0.25) is 0 Å². The molecule has 2 aromatic heterocycles. The number of fused-ring (bicyclic) bond motifs is 2. The summed E-state index contributed by atoms with van der Waals surface area (Å²) < 4.78 is 1.40. The van der Waals surface area contributed by atoms with E-state index in [1.54, 1.807) is 24.3 Å². The Bertz CT molecular complexity index is 1310. The second kappa shape index (κ2) is 10.1. The molecule has 0 aliphatic carbocycles. The molecule has 0 bridgehead atoms. The van der Waals surface area contributed by atoms with E-state index in [4.69, 9.17) is 5.73 Å². The Kier molecular flexibility index (Phi) is 6.83. The number of carbonyl (C=O) groups excluding carboxylic acids is 1. The zero-order valence-electron chi connectivity index (χ0n) is 18.7. The van der Waals surface area contributed by atoms with Crippen LogP contribution in [0.5, 0.6) is 5.75 Å². The first-order chi connectivity index (χ1) is 16.1. The molecule has 4 N–H and O–H groups in total. The van der Waals surface area contributed by atoms with Gasteiger partial charge in [-0.15, -0.1) is 0 Å². The number of aromatic nitrogens is 3. The van der Waals surface area contributed by atoms with E-state index in [1.807, 2.05) is 24.3 Å². The number of aromatic hydroxyl groups is 1. The van der Waals surface area contributed by atoms with Crippen molar-refractivity contribution in [2.24, 2.45) is 5.10 Å². The lowest BCUT2D eigenvalue weighted by Crippen LogP contribution is -2.25. The van der Waals surface area contributed by atoms with E-state index in [0.29, 0.717) is 34.3 Å². The molecule has 0 spiro atoms. The van der Waals surface area contributed by atoms with Crippen LogP contribution in [-0.2, 0) is 0 Å². The van der Waals surface area contributed by atoms with Crippen LogP contribution in [0.1, 0.15) is 54.9 Å². The highest BCUT2D eigenvalue weighted by Gasteiger charge is 2.23. The topological polar surface area (TPSA) is 118 Å². The maximum absolute atomic E-state index is 13.1. The third-order valence-corrected chi connectivity index (χ3v) is 5.52. The quantitative estimate of drug-likeness (QED) is 0.260. The van der Waals surface area contributed by atoms with Gasteiger partial charge in [-0.25, -0.2) is 9.97 Å². The SMILES string of the molecule is CCCCCCCNC(=O)c1c(N)n(N=Cc2ccccc2O)c2nc3ccccc3nc12. The van der Waals surface area contributed by atoms with Crippen LogP contribution in [0.2, 0.25) is 0 Å². The van der Waals surface area contributed by atoms with Crippen molar-refractivity contribution >= 4 is 40.1 Å². The van der Waals surface area contributed by atoms with E-state index in [9.17, 15) is 9.90 Å². The Morgan fingerprint density at radius 1 is 1.06 bits per heavy atom. The Hall–Kier alpha value is -3.94. The Balaban J connectivity index is 1.71.